The summed E-state index contributed by atoms with van der Waals surface area (Å²) < 4.78 is 1.79. The van der Waals surface area contributed by atoms with Gasteiger partial charge in [0.05, 0.1) is 0 Å². The van der Waals surface area contributed by atoms with Crippen LogP contribution in [0.4, 0.5) is 0 Å². The SMILES string of the molecule is CCCC[C](=[Zr+2])CCCC.CCCCc1c(C)[c-]cc2c1[cH-]c1cc(C)[c-]cc12.[C-]1=CC=CC1.[Cl-].[Cl-].[Cm].[Cm]. The Bertz CT molecular complexity index is 1080. The molecule has 0 nitrogen and oxygen atoms in total. The molecule has 1 aliphatic rings. The van der Waals surface area contributed by atoms with Gasteiger partial charge >= 0.3 is 79.8 Å². The summed E-state index contributed by atoms with van der Waals surface area (Å²) in [5.74, 6) is 0. The molecule has 0 unspecified atom stereocenters. The summed E-state index contributed by atoms with van der Waals surface area (Å²) in [6, 6.07) is 15.6. The van der Waals surface area contributed by atoms with Crippen LogP contribution < -0.4 is 24.8 Å². The van der Waals surface area contributed by atoms with E-state index in [0.717, 1.165) is 12.8 Å². The maximum absolute atomic E-state index is 3.43. The van der Waals surface area contributed by atoms with E-state index in [1.165, 1.54) is 89.6 Å². The van der Waals surface area contributed by atoms with E-state index in [0.29, 0.717) is 0 Å². The molecular formula is C33H42Cl2Cm2Zr-4. The van der Waals surface area contributed by atoms with Gasteiger partial charge in [-0.1, -0.05) is 40.0 Å². The zero-order chi connectivity index (χ0) is 24.8. The number of rotatable bonds is 9. The van der Waals surface area contributed by atoms with E-state index in [1.54, 1.807) is 27.4 Å². The van der Waals surface area contributed by atoms with E-state index < -0.39 is 0 Å². The van der Waals surface area contributed by atoms with Gasteiger partial charge in [-0.25, -0.2) is 12.2 Å². The topological polar surface area (TPSA) is 0 Å². The number of hydrogen-bond donors (Lipinski definition) is 0. The molecule has 0 aromatic heterocycles. The van der Waals surface area contributed by atoms with Crippen LogP contribution in [0.15, 0.2) is 42.5 Å². The molecule has 1 aliphatic carbocycles. The van der Waals surface area contributed by atoms with Gasteiger partial charge in [0.1, 0.15) is 0 Å². The average Bonchev–Trinajstić information content (AvgIpc) is 3.52. The van der Waals surface area contributed by atoms with Gasteiger partial charge in [-0.05, 0) is 0 Å². The van der Waals surface area contributed by atoms with Crippen LogP contribution in [-0.2, 0) is 30.7 Å². The van der Waals surface area contributed by atoms with Gasteiger partial charge in [0.2, 0.25) is 0 Å². The first-order valence-electron chi connectivity index (χ1n) is 13.2. The smallest absolute Gasteiger partial charge is 0 e. The molecule has 0 radical (unpaired) electrons. The predicted octanol–water partition coefficient (Wildman–Crippen LogP) is 3.67. The van der Waals surface area contributed by atoms with E-state index in [1.807, 2.05) is 12.2 Å². The first kappa shape index (κ1) is 39.6. The fourth-order valence-electron chi connectivity index (χ4n) is 4.15. The van der Waals surface area contributed by atoms with Crippen molar-refractivity contribution < 1.29 is 49.0 Å². The van der Waals surface area contributed by atoms with Crippen molar-refractivity contribution >= 4 is 24.8 Å². The first-order chi connectivity index (χ1) is 16.5. The Labute approximate surface area is 248 Å². The number of hydrogen-bond acceptors (Lipinski definition) is 0. The van der Waals surface area contributed by atoms with Crippen molar-refractivity contribution in [3.05, 3.63) is 77.4 Å². The number of unbranched alkanes of at least 4 members (excludes halogenated alkanes) is 3. The van der Waals surface area contributed by atoms with E-state index in [4.69, 9.17) is 0 Å². The van der Waals surface area contributed by atoms with Crippen molar-refractivity contribution in [2.24, 2.45) is 0 Å². The van der Waals surface area contributed by atoms with Gasteiger partial charge in [0.25, 0.3) is 0 Å². The third-order valence-electron chi connectivity index (χ3n) is 6.25. The summed E-state index contributed by atoms with van der Waals surface area (Å²) in [6.07, 6.45) is 22.0. The average molecular weight is 1090 g/mol. The Kier molecular flexibility index (Phi) is 23.1. The molecule has 3 aromatic rings. The van der Waals surface area contributed by atoms with Crippen LogP contribution in [0.2, 0.25) is 0 Å². The van der Waals surface area contributed by atoms with Crippen LogP contribution >= 0.6 is 0 Å². The molecule has 212 valence electrons. The molecule has 0 amide bonds. The molecule has 4 rings (SSSR count). The molecule has 0 atom stereocenters. The van der Waals surface area contributed by atoms with Crippen LogP contribution in [0.3, 0.4) is 0 Å². The second-order valence-electron chi connectivity index (χ2n) is 9.27. The first-order valence-corrected chi connectivity index (χ1v) is 14.4. The molecule has 38 heavy (non-hydrogen) atoms. The van der Waals surface area contributed by atoms with Crippen molar-refractivity contribution in [2.45, 2.75) is 98.8 Å². The zero-order valence-electron chi connectivity index (χ0n) is 23.6. The predicted molar refractivity (Wildman–Crippen MR) is 148 cm³/mol. The summed E-state index contributed by atoms with van der Waals surface area (Å²) in [6.45, 7) is 11.1. The zero-order valence-corrected chi connectivity index (χ0v) is 33.4. The van der Waals surface area contributed by atoms with Crippen molar-refractivity contribution in [3.8, 4) is 0 Å². The minimum Gasteiger partial charge on any atom is -1.00 e. The summed E-state index contributed by atoms with van der Waals surface area (Å²) in [7, 11) is 0. The minimum absolute atomic E-state index is 0. The molecule has 0 aliphatic heterocycles. The number of benzene rings is 2. The molecule has 3 aromatic carbocycles. The summed E-state index contributed by atoms with van der Waals surface area (Å²) >= 11 is 1.67. The molecule has 0 N–H and O–H groups in total. The molecule has 5 heteroatoms. The maximum Gasteiger partial charge on any atom is 0 e. The van der Waals surface area contributed by atoms with Gasteiger partial charge in [-0.2, -0.15) is 52.7 Å². The van der Waals surface area contributed by atoms with E-state index >= 15 is 0 Å². The fraction of sp³-hybridized carbons (Fsp3) is 0.455. The quantitative estimate of drug-likeness (QED) is 0.288. The maximum atomic E-state index is 3.43. The van der Waals surface area contributed by atoms with Crippen molar-refractivity contribution in [1.29, 1.82) is 0 Å². The molecule has 0 fully saturated rings. The summed E-state index contributed by atoms with van der Waals surface area (Å²) in [5.41, 5.74) is 3.99. The summed E-state index contributed by atoms with van der Waals surface area (Å²) in [5, 5.41) is 5.40. The molecule has 0 spiro atoms. The van der Waals surface area contributed by atoms with Gasteiger partial charge in [-0.3, -0.25) is 6.08 Å². The van der Waals surface area contributed by atoms with Crippen LogP contribution in [-0.4, -0.2) is 3.21 Å². The Hall–Kier alpha value is -2.88. The molecule has 0 heterocycles. The fourth-order valence-corrected chi connectivity index (χ4v) is 5.02. The van der Waals surface area contributed by atoms with Gasteiger partial charge in [-0.15, -0.1) is 34.4 Å². The van der Waals surface area contributed by atoms with Crippen LogP contribution in [0.1, 0.15) is 95.2 Å². The third-order valence-corrected chi connectivity index (χ3v) is 7.48. The largest absolute Gasteiger partial charge is 1.00 e. The van der Waals surface area contributed by atoms with Gasteiger partial charge in [0, 0.05) is 0 Å². The van der Waals surface area contributed by atoms with Crippen molar-refractivity contribution in [1.82, 2.24) is 0 Å². The molecule has 0 bridgehead atoms. The number of allylic oxidation sites excluding steroid dienone is 4. The molecular weight excluding hydrogens is 1050 g/mol. The van der Waals surface area contributed by atoms with E-state index in [9.17, 15) is 0 Å². The second-order valence-corrected chi connectivity index (χ2v) is 11.0. The number of halogens is 2. The Morgan fingerprint density at radius 1 is 0.895 bits per heavy atom. The normalized spacial score (nSPS) is 10.7. The number of fused-ring (bicyclic) bond motifs is 3. The Balaban J connectivity index is -0.000000552. The second kappa shape index (κ2) is 22.1. The molecule has 0 saturated carbocycles. The Morgan fingerprint density at radius 2 is 1.50 bits per heavy atom. The number of aryl methyl sites for hydroxylation is 3. The third kappa shape index (κ3) is 12.6. The van der Waals surface area contributed by atoms with E-state index in [-0.39, 0.29) is 24.8 Å². The van der Waals surface area contributed by atoms with Crippen LogP contribution in [0, 0.1) is 32.1 Å². The van der Waals surface area contributed by atoms with E-state index in [2.05, 4.69) is 83.2 Å². The van der Waals surface area contributed by atoms with Crippen LogP contribution in [0.25, 0.3) is 21.5 Å². The standard InChI is InChI=1S/C19H19.C9H18.C5H5.2ClH.2Cm.Zr/c1-4-5-6-16-14(3)8-10-18-17-9-7-13(2)11-15(17)12-19(16)18;1-3-5-7-9-8-6-4-2;1-2-4-5-3-1;;;;;/h9-12H,4-6H2,1-3H3;3-8H2,1-2H3;1-3H,4H2;2*1H;;;/q-3;;-1;;;;;+2/p-2. The van der Waals surface area contributed by atoms with Crippen LogP contribution in [0.5, 0.6) is 0 Å². The monoisotopic (exact) mass is 1080 g/mol. The van der Waals surface area contributed by atoms with Crippen molar-refractivity contribution in [3.63, 3.8) is 0 Å². The molecule has 0 saturated heterocycles. The summed E-state index contributed by atoms with van der Waals surface area (Å²) in [4.78, 5) is 0. The Morgan fingerprint density at radius 3 is 2.00 bits per heavy atom. The minimum atomic E-state index is 0. The van der Waals surface area contributed by atoms with Gasteiger partial charge in [0.15, 0.2) is 0 Å². The van der Waals surface area contributed by atoms with Gasteiger partial charge < -0.3 is 24.8 Å². The van der Waals surface area contributed by atoms with Crippen molar-refractivity contribution in [2.75, 3.05) is 0 Å².